The first-order chi connectivity index (χ1) is 3.48. The zero-order valence-electron chi connectivity index (χ0n) is 3.87. The molecule has 36 valence electrons. The number of rotatable bonds is 0. The predicted octanol–water partition coefficient (Wildman–Crippen LogP) is 0.259. The Kier molecular flexibility index (Phi) is 0.145. The lowest BCUT2D eigenvalue weighted by molar-refractivity contribution is 0.252. The van der Waals surface area contributed by atoms with Crippen molar-refractivity contribution in [2.45, 2.75) is 12.2 Å². The van der Waals surface area contributed by atoms with Gasteiger partial charge in [0.15, 0.2) is 0 Å². The first-order valence-electron chi connectivity index (χ1n) is 3.14. The molecule has 0 aromatic rings. The molecule has 2 atom stereocenters. The fourth-order valence-corrected chi connectivity index (χ4v) is 2.77. The second-order valence-corrected chi connectivity index (χ2v) is 3.37. The Hall–Kier alpha value is -0.0400. The van der Waals surface area contributed by atoms with Gasteiger partial charge in [-0.3, -0.25) is 0 Å². The molecule has 2 bridgehead atoms. The van der Waals surface area contributed by atoms with E-state index in [1.165, 1.54) is 11.8 Å². The van der Waals surface area contributed by atoms with E-state index < -0.39 is 0 Å². The first-order valence-corrected chi connectivity index (χ1v) is 3.14. The van der Waals surface area contributed by atoms with Gasteiger partial charge in [-0.2, -0.15) is 0 Å². The minimum absolute atomic E-state index is 0.792. The van der Waals surface area contributed by atoms with E-state index in [0.29, 0.717) is 0 Å². The summed E-state index contributed by atoms with van der Waals surface area (Å²) in [5, 5.41) is 0. The summed E-state index contributed by atoms with van der Waals surface area (Å²) in [6, 6.07) is 0. The van der Waals surface area contributed by atoms with Gasteiger partial charge >= 0.3 is 0 Å². The monoisotopic (exact) mass is 94.0 g/mol. The molecule has 0 radical (unpaired) electrons. The average molecular weight is 94.1 g/mol. The highest BCUT2D eigenvalue weighted by Crippen LogP contribution is 2.87. The predicted molar refractivity (Wildman–Crippen MR) is 22.6 cm³/mol. The highest BCUT2D eigenvalue weighted by Gasteiger charge is 2.90. The second-order valence-electron chi connectivity index (χ2n) is 3.37. The maximum absolute atomic E-state index is 5.34. The fraction of sp³-hybridized carbons (Fsp3) is 1.00. The van der Waals surface area contributed by atoms with Crippen LogP contribution in [0.5, 0.6) is 0 Å². The summed E-state index contributed by atoms with van der Waals surface area (Å²) < 4.78 is 5.34. The van der Waals surface area contributed by atoms with Crippen molar-refractivity contribution < 1.29 is 4.74 Å². The van der Waals surface area contributed by atoms with Crippen LogP contribution in [-0.4, -0.2) is 12.2 Å². The van der Waals surface area contributed by atoms with Gasteiger partial charge in [-0.05, 0) is 23.7 Å². The van der Waals surface area contributed by atoms with Crippen molar-refractivity contribution in [2.75, 3.05) is 0 Å². The van der Waals surface area contributed by atoms with Gasteiger partial charge in [-0.1, -0.05) is 0 Å². The molecule has 7 heavy (non-hydrogen) atoms. The molecule has 1 heterocycles. The molecule has 1 heteroatoms. The van der Waals surface area contributed by atoms with Gasteiger partial charge in [-0.15, -0.1) is 0 Å². The van der Waals surface area contributed by atoms with Crippen LogP contribution in [0.2, 0.25) is 0 Å². The summed E-state index contributed by atoms with van der Waals surface area (Å²) in [6.45, 7) is 0. The topological polar surface area (TPSA) is 12.5 Å². The summed E-state index contributed by atoms with van der Waals surface area (Å²) >= 11 is 0. The number of hydrogen-bond donors (Lipinski definition) is 0. The van der Waals surface area contributed by atoms with Crippen molar-refractivity contribution in [3.8, 4) is 0 Å². The van der Waals surface area contributed by atoms with Gasteiger partial charge in [0.2, 0.25) is 0 Å². The third-order valence-corrected chi connectivity index (χ3v) is 3.26. The van der Waals surface area contributed by atoms with Crippen LogP contribution >= 0.6 is 0 Å². The van der Waals surface area contributed by atoms with Crippen molar-refractivity contribution in [2.24, 2.45) is 23.7 Å². The molecule has 0 amide bonds. The quantitative estimate of drug-likeness (QED) is 0.392. The van der Waals surface area contributed by atoms with E-state index in [4.69, 9.17) is 4.74 Å². The number of ether oxygens (including phenoxy) is 1. The molecule has 0 spiro atoms. The van der Waals surface area contributed by atoms with Crippen molar-refractivity contribution >= 4 is 0 Å². The van der Waals surface area contributed by atoms with Crippen LogP contribution in [0.15, 0.2) is 0 Å². The van der Waals surface area contributed by atoms with E-state index in [1.807, 2.05) is 0 Å². The van der Waals surface area contributed by atoms with E-state index in [1.54, 1.807) is 0 Å². The van der Waals surface area contributed by atoms with Crippen LogP contribution in [0.1, 0.15) is 0 Å². The lowest BCUT2D eigenvalue weighted by Gasteiger charge is -1.94. The Morgan fingerprint density at radius 3 is 1.57 bits per heavy atom. The molecule has 1 saturated heterocycles. The van der Waals surface area contributed by atoms with E-state index in [-0.39, 0.29) is 0 Å². The van der Waals surface area contributed by atoms with Crippen LogP contribution in [0.4, 0.5) is 0 Å². The molecule has 0 N–H and O–H groups in total. The third-order valence-electron chi connectivity index (χ3n) is 3.26. The molecule has 5 rings (SSSR count). The lowest BCUT2D eigenvalue weighted by atomic mass is 10.2. The third kappa shape index (κ3) is 0.104. The zero-order valence-corrected chi connectivity index (χ0v) is 3.87. The second kappa shape index (κ2) is 0.408. The number of epoxide rings is 1. The SMILES string of the molecule is O1C2C1C1C3C2C13. The van der Waals surface area contributed by atoms with Crippen molar-refractivity contribution in [3.63, 3.8) is 0 Å². The van der Waals surface area contributed by atoms with Gasteiger partial charge in [0, 0.05) is 0 Å². The van der Waals surface area contributed by atoms with Crippen molar-refractivity contribution in [1.29, 1.82) is 0 Å². The minimum atomic E-state index is 0.792. The Morgan fingerprint density at radius 1 is 0.714 bits per heavy atom. The fourth-order valence-electron chi connectivity index (χ4n) is 2.77. The zero-order chi connectivity index (χ0) is 4.17. The van der Waals surface area contributed by atoms with Gasteiger partial charge in [0.1, 0.15) is 0 Å². The van der Waals surface area contributed by atoms with Crippen molar-refractivity contribution in [1.82, 2.24) is 0 Å². The van der Waals surface area contributed by atoms with E-state index >= 15 is 0 Å². The molecular weight excluding hydrogens is 88.1 g/mol. The Morgan fingerprint density at radius 2 is 1.29 bits per heavy atom. The molecule has 5 aliphatic rings. The van der Waals surface area contributed by atoms with Gasteiger partial charge in [0.05, 0.1) is 12.2 Å². The highest BCUT2D eigenvalue weighted by molar-refractivity contribution is 5.37. The van der Waals surface area contributed by atoms with E-state index in [0.717, 1.165) is 24.0 Å². The minimum Gasteiger partial charge on any atom is -0.369 e. The molecule has 0 aromatic heterocycles. The molecule has 1 nitrogen and oxygen atoms in total. The summed E-state index contributed by atoms with van der Waals surface area (Å²) in [7, 11) is 0. The van der Waals surface area contributed by atoms with Crippen LogP contribution in [0.25, 0.3) is 0 Å². The summed E-state index contributed by atoms with van der Waals surface area (Å²) in [5.74, 6) is 4.58. The molecule has 4 aliphatic carbocycles. The lowest BCUT2D eigenvalue weighted by Crippen LogP contribution is -1.95. The standard InChI is InChI=1S/C6H6O/c7-5-3-1-2(3)4(1)6(5)7/h1-6H. The number of hydrogen-bond acceptors (Lipinski definition) is 1. The summed E-state index contributed by atoms with van der Waals surface area (Å²) in [4.78, 5) is 0. The molecule has 5 fully saturated rings. The smallest absolute Gasteiger partial charge is 0.0878 e. The largest absolute Gasteiger partial charge is 0.369 e. The summed E-state index contributed by atoms with van der Waals surface area (Å²) in [6.07, 6.45) is 1.58. The first kappa shape index (κ1) is 2.49. The van der Waals surface area contributed by atoms with E-state index in [9.17, 15) is 0 Å². The van der Waals surface area contributed by atoms with Crippen molar-refractivity contribution in [3.05, 3.63) is 0 Å². The highest BCUT2D eigenvalue weighted by atomic mass is 16.6. The van der Waals surface area contributed by atoms with Crippen LogP contribution < -0.4 is 0 Å². The Labute approximate surface area is 41.7 Å². The normalized spacial score (nSPS) is 96.0. The maximum atomic E-state index is 5.34. The molecule has 4 saturated carbocycles. The van der Waals surface area contributed by atoms with Gasteiger partial charge in [-0.25, -0.2) is 0 Å². The maximum Gasteiger partial charge on any atom is 0.0878 e. The average Bonchev–Trinajstić information content (AvgIpc) is 2.43. The molecule has 1 aliphatic heterocycles. The molecular formula is C6H6O. The van der Waals surface area contributed by atoms with Crippen LogP contribution in [0, 0.1) is 23.7 Å². The Bertz CT molecular complexity index is 136. The molecule has 2 unspecified atom stereocenters. The summed E-state index contributed by atoms with van der Waals surface area (Å²) in [5.41, 5.74) is 0. The van der Waals surface area contributed by atoms with Crippen LogP contribution in [0.3, 0.4) is 0 Å². The van der Waals surface area contributed by atoms with Crippen LogP contribution in [-0.2, 0) is 4.74 Å². The van der Waals surface area contributed by atoms with E-state index in [2.05, 4.69) is 0 Å². The van der Waals surface area contributed by atoms with Gasteiger partial charge in [0.25, 0.3) is 0 Å². The molecule has 0 aromatic carbocycles. The Balaban J connectivity index is 2.09. The van der Waals surface area contributed by atoms with Gasteiger partial charge < -0.3 is 4.74 Å².